The lowest BCUT2D eigenvalue weighted by Crippen LogP contribution is -2.42. The lowest BCUT2D eigenvalue weighted by Gasteiger charge is -2.34. The smallest absolute Gasteiger partial charge is 0.260 e. The summed E-state index contributed by atoms with van der Waals surface area (Å²) in [6, 6.07) is 0.352. The monoisotopic (exact) mass is 291 g/mol. The average molecular weight is 291 g/mol. The number of aliphatic hydroxyl groups excluding tert-OH is 1. The van der Waals surface area contributed by atoms with E-state index in [-0.39, 0.29) is 6.61 Å². The molecule has 1 fully saturated rings. The summed E-state index contributed by atoms with van der Waals surface area (Å²) in [5.74, 6) is 0.926. The fourth-order valence-corrected chi connectivity index (χ4v) is 3.00. The van der Waals surface area contributed by atoms with Gasteiger partial charge >= 0.3 is 0 Å². The number of piperidine rings is 1. The van der Waals surface area contributed by atoms with Crippen LogP contribution in [0, 0.1) is 0 Å². The van der Waals surface area contributed by atoms with Crippen molar-refractivity contribution in [1.29, 1.82) is 0 Å². The van der Waals surface area contributed by atoms with Crippen LogP contribution >= 0.6 is 0 Å². The molecule has 4 N–H and O–H groups in total. The van der Waals surface area contributed by atoms with Gasteiger partial charge in [-0.2, -0.15) is 0 Å². The van der Waals surface area contributed by atoms with Gasteiger partial charge < -0.3 is 15.4 Å². The van der Waals surface area contributed by atoms with Crippen molar-refractivity contribution in [2.75, 3.05) is 31.6 Å². The molecule has 1 aliphatic rings. The molecule has 0 aromatic carbocycles. The highest BCUT2D eigenvalue weighted by Crippen LogP contribution is 2.17. The molecule has 0 spiro atoms. The second-order valence-electron chi connectivity index (χ2n) is 5.53. The molecular formula is C14H23N6O+. The second-order valence-corrected chi connectivity index (χ2v) is 5.53. The molecule has 3 rings (SSSR count). The number of likely N-dealkylation sites (tertiary alicyclic amines) is 1. The molecule has 3 heterocycles. The summed E-state index contributed by atoms with van der Waals surface area (Å²) in [7, 11) is 0. The molecule has 1 atom stereocenters. The summed E-state index contributed by atoms with van der Waals surface area (Å²) in [5.41, 5.74) is 1.62. The molecule has 21 heavy (non-hydrogen) atoms. The van der Waals surface area contributed by atoms with E-state index in [4.69, 9.17) is 0 Å². The van der Waals surface area contributed by atoms with E-state index >= 15 is 0 Å². The van der Waals surface area contributed by atoms with E-state index in [1.807, 2.05) is 0 Å². The van der Waals surface area contributed by atoms with Crippen LogP contribution in [0.25, 0.3) is 11.2 Å². The normalized spacial score (nSPS) is 20.0. The van der Waals surface area contributed by atoms with Gasteiger partial charge in [0.05, 0.1) is 19.5 Å². The minimum atomic E-state index is 0.278. The van der Waals surface area contributed by atoms with Gasteiger partial charge in [-0.05, 0) is 25.8 Å². The average Bonchev–Trinajstić information content (AvgIpc) is 3.01. The Morgan fingerprint density at radius 1 is 1.43 bits per heavy atom. The number of nitrogens with one attached hydrogen (secondary N) is 3. The van der Waals surface area contributed by atoms with Gasteiger partial charge in [0.15, 0.2) is 5.52 Å². The number of imidazole rings is 1. The first-order chi connectivity index (χ1) is 10.4. The predicted octanol–water partition coefficient (Wildman–Crippen LogP) is 0.421. The standard InChI is InChI=1S/C14H22N6O/c21-8-11-4-1-2-6-20(11)7-3-5-15-13-12-14(17-9-16-12)19-10-18-13/h9-11,21H,1-8H2,(H2,15,16,17,18,19)/p+1/t11-/m0/s1. The van der Waals surface area contributed by atoms with Gasteiger partial charge in [-0.1, -0.05) is 11.4 Å². The Bertz CT molecular complexity index is 571. The van der Waals surface area contributed by atoms with Gasteiger partial charge in [0, 0.05) is 12.6 Å². The van der Waals surface area contributed by atoms with Crippen LogP contribution in [0.2, 0.25) is 0 Å². The van der Waals surface area contributed by atoms with Crippen molar-refractivity contribution in [3.8, 4) is 0 Å². The maximum absolute atomic E-state index is 9.41. The summed E-state index contributed by atoms with van der Waals surface area (Å²) in [4.78, 5) is 16.9. The Morgan fingerprint density at radius 3 is 3.29 bits per heavy atom. The molecular weight excluding hydrogens is 268 g/mol. The highest BCUT2D eigenvalue weighted by molar-refractivity contribution is 5.79. The first-order valence-corrected chi connectivity index (χ1v) is 7.67. The third-order valence-electron chi connectivity index (χ3n) is 4.15. The van der Waals surface area contributed by atoms with E-state index < -0.39 is 0 Å². The Morgan fingerprint density at radius 2 is 2.38 bits per heavy atom. The zero-order valence-electron chi connectivity index (χ0n) is 12.2. The molecule has 114 valence electrons. The van der Waals surface area contributed by atoms with Crippen molar-refractivity contribution < 1.29 is 10.1 Å². The number of anilines is 1. The highest BCUT2D eigenvalue weighted by Gasteiger charge is 2.21. The fourth-order valence-electron chi connectivity index (χ4n) is 3.00. The van der Waals surface area contributed by atoms with E-state index in [1.54, 1.807) is 12.7 Å². The van der Waals surface area contributed by atoms with Gasteiger partial charge in [-0.3, -0.25) is 4.90 Å². The van der Waals surface area contributed by atoms with Crippen LogP contribution in [-0.4, -0.2) is 57.2 Å². The number of aliphatic hydroxyl groups is 1. The van der Waals surface area contributed by atoms with Gasteiger partial charge in [0.1, 0.15) is 0 Å². The van der Waals surface area contributed by atoms with E-state index in [9.17, 15) is 5.11 Å². The maximum Gasteiger partial charge on any atom is 0.260 e. The number of hydrogen-bond acceptors (Lipinski definition) is 5. The molecule has 7 heteroatoms. The molecule has 1 aliphatic heterocycles. The van der Waals surface area contributed by atoms with Gasteiger partial charge in [0.2, 0.25) is 12.1 Å². The van der Waals surface area contributed by atoms with E-state index in [0.717, 1.165) is 43.8 Å². The molecule has 0 amide bonds. The van der Waals surface area contributed by atoms with Crippen LogP contribution in [0.1, 0.15) is 25.7 Å². The van der Waals surface area contributed by atoms with Crippen LogP contribution in [0.5, 0.6) is 0 Å². The summed E-state index contributed by atoms with van der Waals surface area (Å²) in [6.07, 6.45) is 7.95. The van der Waals surface area contributed by atoms with Crippen molar-refractivity contribution in [3.05, 3.63) is 12.7 Å². The fraction of sp³-hybridized carbons (Fsp3) is 0.643. The Balaban J connectivity index is 1.49. The molecule has 0 bridgehead atoms. The van der Waals surface area contributed by atoms with Crippen LogP contribution in [0.4, 0.5) is 5.82 Å². The van der Waals surface area contributed by atoms with Gasteiger partial charge in [-0.15, -0.1) is 0 Å². The zero-order valence-corrected chi connectivity index (χ0v) is 12.2. The Hall–Kier alpha value is -1.73. The SMILES string of the molecule is OC[C@@H]1CCCCN1CCCNc1[nH+]cnc2nc[nH]c12. The van der Waals surface area contributed by atoms with Crippen LogP contribution in [0.3, 0.4) is 0 Å². The van der Waals surface area contributed by atoms with Crippen LogP contribution in [-0.2, 0) is 0 Å². The first kappa shape index (κ1) is 14.2. The van der Waals surface area contributed by atoms with Gasteiger partial charge in [-0.25, -0.2) is 9.97 Å². The number of hydrogen-bond donors (Lipinski definition) is 3. The Labute approximate surface area is 123 Å². The molecule has 7 nitrogen and oxygen atoms in total. The van der Waals surface area contributed by atoms with Crippen molar-refractivity contribution in [2.45, 2.75) is 31.7 Å². The van der Waals surface area contributed by atoms with E-state index in [2.05, 4.69) is 30.2 Å². The zero-order chi connectivity index (χ0) is 14.5. The molecule has 0 radical (unpaired) electrons. The number of H-pyrrole nitrogens is 2. The van der Waals surface area contributed by atoms with Crippen molar-refractivity contribution in [1.82, 2.24) is 19.9 Å². The predicted molar refractivity (Wildman–Crippen MR) is 79.8 cm³/mol. The lowest BCUT2D eigenvalue weighted by molar-refractivity contribution is -0.364. The minimum Gasteiger partial charge on any atom is -0.395 e. The van der Waals surface area contributed by atoms with E-state index in [1.165, 1.54) is 12.8 Å². The molecule has 2 aromatic rings. The van der Waals surface area contributed by atoms with E-state index in [0.29, 0.717) is 11.7 Å². The summed E-state index contributed by atoms with van der Waals surface area (Å²) < 4.78 is 0. The summed E-state index contributed by atoms with van der Waals surface area (Å²) in [5, 5.41) is 12.8. The third-order valence-corrected chi connectivity index (χ3v) is 4.15. The Kier molecular flexibility index (Phi) is 4.62. The summed E-state index contributed by atoms with van der Waals surface area (Å²) >= 11 is 0. The topological polar surface area (TPSA) is 91.2 Å². The van der Waals surface area contributed by atoms with Crippen molar-refractivity contribution >= 4 is 17.0 Å². The quantitative estimate of drug-likeness (QED) is 0.671. The molecule has 1 saturated heterocycles. The van der Waals surface area contributed by atoms with Crippen molar-refractivity contribution in [3.63, 3.8) is 0 Å². The van der Waals surface area contributed by atoms with Crippen LogP contribution < -0.4 is 10.3 Å². The number of fused-ring (bicyclic) bond motifs is 1. The number of nitrogens with zero attached hydrogens (tertiary/aromatic N) is 3. The number of aromatic amines is 2. The highest BCUT2D eigenvalue weighted by atomic mass is 16.3. The largest absolute Gasteiger partial charge is 0.395 e. The number of rotatable bonds is 6. The van der Waals surface area contributed by atoms with Gasteiger partial charge in [0.25, 0.3) is 5.65 Å². The molecule has 0 aliphatic carbocycles. The second kappa shape index (κ2) is 6.82. The molecule has 0 saturated carbocycles. The van der Waals surface area contributed by atoms with Crippen LogP contribution in [0.15, 0.2) is 12.7 Å². The summed E-state index contributed by atoms with van der Waals surface area (Å²) in [6.45, 7) is 3.29. The lowest BCUT2D eigenvalue weighted by atomic mass is 10.0. The first-order valence-electron chi connectivity index (χ1n) is 7.67. The molecule has 0 unspecified atom stereocenters. The van der Waals surface area contributed by atoms with Crippen molar-refractivity contribution in [2.24, 2.45) is 0 Å². The maximum atomic E-state index is 9.41. The minimum absolute atomic E-state index is 0.278. The molecule has 2 aromatic heterocycles. The third kappa shape index (κ3) is 3.30. The number of aromatic nitrogens is 4.